The van der Waals surface area contributed by atoms with Crippen LogP contribution in [0.5, 0.6) is 0 Å². The minimum Gasteiger partial charge on any atom is -0.396 e. The number of aromatic nitrogens is 1. The number of ether oxygens (including phenoxy) is 1. The first-order valence-corrected chi connectivity index (χ1v) is 11.2. The number of hydrogen-bond acceptors (Lipinski definition) is 6. The summed E-state index contributed by atoms with van der Waals surface area (Å²) in [5, 5.41) is 7.84. The number of nitrogens with two attached hydrogens (primary N) is 1. The number of nitrogen functional groups attached to an aromatic ring is 1. The molecule has 32 heavy (non-hydrogen) atoms. The van der Waals surface area contributed by atoms with Gasteiger partial charge < -0.3 is 20.8 Å². The van der Waals surface area contributed by atoms with Crippen molar-refractivity contribution < 1.29 is 9.53 Å². The van der Waals surface area contributed by atoms with Crippen LogP contribution in [-0.2, 0) is 16.1 Å². The van der Waals surface area contributed by atoms with Crippen molar-refractivity contribution in [1.29, 1.82) is 5.41 Å². The summed E-state index contributed by atoms with van der Waals surface area (Å²) in [5.41, 5.74) is 11.3. The van der Waals surface area contributed by atoms with E-state index in [0.29, 0.717) is 23.5 Å². The molecule has 1 aromatic heterocycles. The SMILES string of the molecule is C=CC(=O)N1CCCC(c2cc(C=N)c(N)c(-c3ccc(CN4CCOCC4)cc3)n2)C1. The maximum Gasteiger partial charge on any atom is 0.245 e. The van der Waals surface area contributed by atoms with Gasteiger partial charge in [0.25, 0.3) is 0 Å². The van der Waals surface area contributed by atoms with Gasteiger partial charge in [-0.1, -0.05) is 30.8 Å². The number of likely N-dealkylation sites (tertiary alicyclic amines) is 1. The van der Waals surface area contributed by atoms with Crippen LogP contribution in [0.4, 0.5) is 5.69 Å². The average Bonchev–Trinajstić information content (AvgIpc) is 2.85. The third-order valence-corrected chi connectivity index (χ3v) is 6.33. The van der Waals surface area contributed by atoms with Crippen molar-refractivity contribution >= 4 is 17.8 Å². The quantitative estimate of drug-likeness (QED) is 0.539. The van der Waals surface area contributed by atoms with Gasteiger partial charge in [0.05, 0.1) is 24.6 Å². The Kier molecular flexibility index (Phi) is 6.97. The highest BCUT2D eigenvalue weighted by Gasteiger charge is 2.26. The zero-order valence-corrected chi connectivity index (χ0v) is 18.4. The van der Waals surface area contributed by atoms with E-state index in [1.165, 1.54) is 17.9 Å². The van der Waals surface area contributed by atoms with Gasteiger partial charge in [-0.25, -0.2) is 0 Å². The van der Waals surface area contributed by atoms with Gasteiger partial charge in [-0.15, -0.1) is 0 Å². The predicted molar refractivity (Wildman–Crippen MR) is 127 cm³/mol. The molecule has 1 amide bonds. The minimum atomic E-state index is -0.0477. The summed E-state index contributed by atoms with van der Waals surface area (Å²) in [7, 11) is 0. The summed E-state index contributed by atoms with van der Waals surface area (Å²) in [6.07, 6.45) is 4.52. The molecule has 2 saturated heterocycles. The van der Waals surface area contributed by atoms with Crippen LogP contribution in [0, 0.1) is 5.41 Å². The first-order chi connectivity index (χ1) is 15.6. The number of benzene rings is 1. The molecule has 7 heteroatoms. The monoisotopic (exact) mass is 433 g/mol. The van der Waals surface area contributed by atoms with E-state index in [9.17, 15) is 4.79 Å². The highest BCUT2D eigenvalue weighted by atomic mass is 16.5. The van der Waals surface area contributed by atoms with Gasteiger partial charge >= 0.3 is 0 Å². The molecule has 1 atom stereocenters. The molecule has 3 N–H and O–H groups in total. The first-order valence-electron chi connectivity index (χ1n) is 11.2. The smallest absolute Gasteiger partial charge is 0.245 e. The number of rotatable bonds is 6. The Bertz CT molecular complexity index is 983. The molecule has 0 saturated carbocycles. The highest BCUT2D eigenvalue weighted by Crippen LogP contribution is 2.32. The number of hydrogen-bond donors (Lipinski definition) is 2. The van der Waals surface area contributed by atoms with E-state index in [1.54, 1.807) is 0 Å². The Morgan fingerprint density at radius 1 is 1.25 bits per heavy atom. The minimum absolute atomic E-state index is 0.0477. The van der Waals surface area contributed by atoms with E-state index in [1.807, 2.05) is 11.0 Å². The van der Waals surface area contributed by atoms with E-state index in [-0.39, 0.29) is 11.8 Å². The molecule has 0 aliphatic carbocycles. The van der Waals surface area contributed by atoms with Crippen LogP contribution in [0.2, 0.25) is 0 Å². The Balaban J connectivity index is 1.59. The number of anilines is 1. The summed E-state index contributed by atoms with van der Waals surface area (Å²) in [6.45, 7) is 9.33. The Hall–Kier alpha value is -3.03. The molecule has 2 aliphatic heterocycles. The number of nitrogens with zero attached hydrogens (tertiary/aromatic N) is 3. The summed E-state index contributed by atoms with van der Waals surface area (Å²) >= 11 is 0. The lowest BCUT2D eigenvalue weighted by Gasteiger charge is -2.32. The lowest BCUT2D eigenvalue weighted by atomic mass is 9.92. The van der Waals surface area contributed by atoms with Gasteiger partial charge in [0.15, 0.2) is 0 Å². The molecule has 2 aromatic rings. The molecular formula is C25H31N5O2. The molecule has 2 aliphatic rings. The molecule has 0 bridgehead atoms. The zero-order chi connectivity index (χ0) is 22.5. The maximum absolute atomic E-state index is 12.1. The van der Waals surface area contributed by atoms with Gasteiger partial charge in [-0.2, -0.15) is 0 Å². The second-order valence-electron chi connectivity index (χ2n) is 8.46. The fourth-order valence-corrected chi connectivity index (χ4v) is 4.48. The first kappa shape index (κ1) is 22.2. The van der Waals surface area contributed by atoms with E-state index >= 15 is 0 Å². The number of nitrogens with one attached hydrogen (secondary N) is 1. The van der Waals surface area contributed by atoms with Gasteiger partial charge in [0.1, 0.15) is 0 Å². The second-order valence-corrected chi connectivity index (χ2v) is 8.46. The summed E-state index contributed by atoms with van der Waals surface area (Å²) < 4.78 is 5.43. The molecule has 4 rings (SSSR count). The van der Waals surface area contributed by atoms with Crippen LogP contribution in [0.15, 0.2) is 43.0 Å². The molecule has 168 valence electrons. The van der Waals surface area contributed by atoms with Crippen LogP contribution in [-0.4, -0.2) is 66.3 Å². The van der Waals surface area contributed by atoms with Crippen molar-refractivity contribution in [3.63, 3.8) is 0 Å². The number of carbonyl (C=O) groups is 1. The molecular weight excluding hydrogens is 402 g/mol. The van der Waals surface area contributed by atoms with Crippen molar-refractivity contribution in [2.24, 2.45) is 0 Å². The lowest BCUT2D eigenvalue weighted by molar-refractivity contribution is -0.127. The van der Waals surface area contributed by atoms with Crippen molar-refractivity contribution in [3.05, 3.63) is 59.8 Å². The number of piperidine rings is 1. The van der Waals surface area contributed by atoms with E-state index in [0.717, 1.165) is 63.5 Å². The Morgan fingerprint density at radius 3 is 2.69 bits per heavy atom. The standard InChI is InChI=1S/C25H31N5O2/c1-2-23(31)30-9-3-4-20(17-30)22-14-21(15-26)24(27)25(28-22)19-7-5-18(6-8-19)16-29-10-12-32-13-11-29/h2,5-8,14-15,20,26H,1,3-4,9-13,16-17,27H2. The molecule has 3 heterocycles. The molecule has 1 aromatic carbocycles. The van der Waals surface area contributed by atoms with Gasteiger partial charge in [-0.3, -0.25) is 14.7 Å². The normalized spacial score (nSPS) is 19.5. The van der Waals surface area contributed by atoms with Crippen LogP contribution in [0.3, 0.4) is 0 Å². The van der Waals surface area contributed by atoms with Crippen molar-refractivity contribution in [3.8, 4) is 11.3 Å². The average molecular weight is 434 g/mol. The third kappa shape index (κ3) is 4.89. The van der Waals surface area contributed by atoms with Crippen LogP contribution in [0.25, 0.3) is 11.3 Å². The van der Waals surface area contributed by atoms with Crippen molar-refractivity contribution in [1.82, 2.24) is 14.8 Å². The topological polar surface area (TPSA) is 95.5 Å². The Labute approximate surface area is 189 Å². The largest absolute Gasteiger partial charge is 0.396 e. The lowest BCUT2D eigenvalue weighted by Crippen LogP contribution is -2.38. The number of carbonyl (C=O) groups excluding carboxylic acids is 1. The van der Waals surface area contributed by atoms with Gasteiger partial charge in [-0.05, 0) is 30.5 Å². The van der Waals surface area contributed by atoms with Crippen LogP contribution < -0.4 is 5.73 Å². The fourth-order valence-electron chi connectivity index (χ4n) is 4.48. The van der Waals surface area contributed by atoms with Crippen molar-refractivity contribution in [2.45, 2.75) is 25.3 Å². The second kappa shape index (κ2) is 10.1. The summed E-state index contributed by atoms with van der Waals surface area (Å²) in [5.74, 6) is 0.0693. The number of pyridine rings is 1. The summed E-state index contributed by atoms with van der Waals surface area (Å²) in [4.78, 5) is 21.2. The zero-order valence-electron chi connectivity index (χ0n) is 18.4. The predicted octanol–water partition coefficient (Wildman–Crippen LogP) is 3.05. The third-order valence-electron chi connectivity index (χ3n) is 6.33. The summed E-state index contributed by atoms with van der Waals surface area (Å²) in [6, 6.07) is 10.2. The van der Waals surface area contributed by atoms with Gasteiger partial charge in [0, 0.05) is 61.7 Å². The molecule has 0 spiro atoms. The van der Waals surface area contributed by atoms with Crippen LogP contribution >= 0.6 is 0 Å². The van der Waals surface area contributed by atoms with E-state index < -0.39 is 0 Å². The molecule has 0 radical (unpaired) electrons. The van der Waals surface area contributed by atoms with Crippen molar-refractivity contribution in [2.75, 3.05) is 45.1 Å². The van der Waals surface area contributed by atoms with Gasteiger partial charge in [0.2, 0.25) is 5.91 Å². The maximum atomic E-state index is 12.1. The Morgan fingerprint density at radius 2 is 2.00 bits per heavy atom. The molecule has 1 unspecified atom stereocenters. The number of amides is 1. The van der Waals surface area contributed by atoms with E-state index in [4.69, 9.17) is 20.9 Å². The number of morpholine rings is 1. The van der Waals surface area contributed by atoms with E-state index in [2.05, 4.69) is 35.7 Å². The fraction of sp³-hybridized carbons (Fsp3) is 0.400. The molecule has 7 nitrogen and oxygen atoms in total. The highest BCUT2D eigenvalue weighted by molar-refractivity contribution is 5.91. The molecule has 2 fully saturated rings. The van der Waals surface area contributed by atoms with Crippen LogP contribution in [0.1, 0.15) is 35.6 Å².